The maximum atomic E-state index is 13.5. The second-order valence-corrected chi connectivity index (χ2v) is 27.0. The van der Waals surface area contributed by atoms with Crippen LogP contribution >= 0.6 is 58.0 Å². The fourth-order valence-electron chi connectivity index (χ4n) is 7.84. The zero-order valence-corrected chi connectivity index (χ0v) is 60.1. The van der Waals surface area contributed by atoms with E-state index >= 15 is 0 Å². The number of hydrogen-bond acceptors (Lipinski definition) is 18. The molecule has 0 saturated carbocycles. The first-order chi connectivity index (χ1) is 45.2. The monoisotopic (exact) mass is 1430 g/mol. The van der Waals surface area contributed by atoms with E-state index < -0.39 is 45.8 Å². The SMILES string of the molecule is CC(C)(C)n1ncc(OCc2ccc(Cl)nc2OCCCF)c(Cl)c1=O.CC(C)(C)n1ncc(Oc2ccccc2F)c(Cl)c1=O.CCCCOc1ccc(COc2cnn(C(C)(C)C)c(=O)c2Cl)cn1.CCCOCc1ccc(COc2cnn(C(C)(C)C)c(=O)c2Cl)nc1. The molecule has 0 aliphatic rings. The first kappa shape index (κ1) is 79.0. The molecule has 96 heavy (non-hydrogen) atoms. The molecule has 0 aliphatic heterocycles. The molecule has 0 radical (unpaired) electrons. The van der Waals surface area contributed by atoms with E-state index in [2.05, 4.69) is 49.2 Å². The molecule has 7 heterocycles. The minimum Gasteiger partial charge on any atom is -0.485 e. The molecule has 0 unspecified atom stereocenters. The minimum absolute atomic E-state index is 0.0101. The Morgan fingerprint density at radius 1 is 0.448 bits per heavy atom. The molecule has 8 aromatic rings. The lowest BCUT2D eigenvalue weighted by molar-refractivity contribution is 0.121. The van der Waals surface area contributed by atoms with E-state index in [0.717, 1.165) is 42.7 Å². The van der Waals surface area contributed by atoms with Crippen LogP contribution in [-0.2, 0) is 53.3 Å². The predicted octanol–water partition coefficient (Wildman–Crippen LogP) is 15.0. The van der Waals surface area contributed by atoms with E-state index in [1.807, 2.05) is 101 Å². The molecule has 0 N–H and O–H groups in total. The molecule has 0 fully saturated rings. The van der Waals surface area contributed by atoms with Crippen molar-refractivity contribution in [1.29, 1.82) is 0 Å². The molecular weight excluding hydrogens is 1350 g/mol. The van der Waals surface area contributed by atoms with E-state index in [-0.39, 0.29) is 104 Å². The van der Waals surface area contributed by atoms with Crippen molar-refractivity contribution >= 4 is 58.0 Å². The molecule has 29 heteroatoms. The van der Waals surface area contributed by atoms with Crippen LogP contribution < -0.4 is 50.7 Å². The lowest BCUT2D eigenvalue weighted by Crippen LogP contribution is -2.36. The summed E-state index contributed by atoms with van der Waals surface area (Å²) in [6.07, 6.45) is 12.4. The van der Waals surface area contributed by atoms with Crippen molar-refractivity contribution in [3.05, 3.63) is 193 Å². The normalized spacial score (nSPS) is 11.5. The number of hydrogen-bond donors (Lipinski definition) is 0. The van der Waals surface area contributed by atoms with Crippen LogP contribution in [0.2, 0.25) is 25.2 Å². The Kier molecular flexibility index (Phi) is 30.1. The van der Waals surface area contributed by atoms with Crippen LogP contribution in [0.4, 0.5) is 8.78 Å². The number of unbranched alkanes of at least 4 members (excludes halogenated alkanes) is 1. The summed E-state index contributed by atoms with van der Waals surface area (Å²) in [5, 5.41) is 16.5. The van der Waals surface area contributed by atoms with Crippen molar-refractivity contribution in [1.82, 2.24) is 54.1 Å². The van der Waals surface area contributed by atoms with Gasteiger partial charge in [0, 0.05) is 37.1 Å². The van der Waals surface area contributed by atoms with Crippen molar-refractivity contribution in [3.63, 3.8) is 0 Å². The number of alkyl halides is 1. The number of nitrogens with zero attached hydrogens (tertiary/aromatic N) is 11. The van der Waals surface area contributed by atoms with Gasteiger partial charge in [-0.2, -0.15) is 20.4 Å². The lowest BCUT2D eigenvalue weighted by atomic mass is 10.1. The van der Waals surface area contributed by atoms with E-state index in [0.29, 0.717) is 24.7 Å². The van der Waals surface area contributed by atoms with Gasteiger partial charge in [0.05, 0.1) is 84.7 Å². The standard InChI is InChI=1S/2C18H24ClN3O3.C17H20Cl2FN3O3.C14H14ClFN2O2/c1-5-8-24-11-13-6-7-14(20-9-13)12-25-15-10-21-22(18(2,3)4)17(23)16(15)19;1-5-6-9-24-15-8-7-13(10-20-15)12-25-14-11-21-22(18(2,3)4)17(23)16(14)19;1-17(2,3)23-16(24)14(19)12(9-21-23)26-10-11-5-6-13(18)22-15(11)25-8-4-7-20;1-14(2,3)18-13(19)12(15)11(8-17-18)20-10-7-5-4-6-9(10)16/h6-7,9-10H,5,8,11-12H2,1-4H3;7-8,10-11H,5-6,9,12H2,1-4H3;5-6,9H,4,7-8,10H2,1-3H3;4-8H,1-3H3. The summed E-state index contributed by atoms with van der Waals surface area (Å²) in [4.78, 5) is 61.6. The highest BCUT2D eigenvalue weighted by Crippen LogP contribution is 2.30. The van der Waals surface area contributed by atoms with Crippen molar-refractivity contribution in [3.8, 4) is 40.5 Å². The first-order valence-corrected chi connectivity index (χ1v) is 32.5. The van der Waals surface area contributed by atoms with Crippen LogP contribution in [0.3, 0.4) is 0 Å². The molecule has 0 bridgehead atoms. The molecule has 0 spiro atoms. The third-order valence-corrected chi connectivity index (χ3v) is 14.4. The fourth-order valence-corrected chi connectivity index (χ4v) is 8.69. The number of halogens is 7. The average Bonchev–Trinajstić information content (AvgIpc) is 0.838. The molecule has 1 aromatic carbocycles. The number of para-hydroxylation sites is 1. The summed E-state index contributed by atoms with van der Waals surface area (Å²) >= 11 is 30.3. The van der Waals surface area contributed by atoms with Gasteiger partial charge in [0.1, 0.15) is 25.0 Å². The average molecular weight is 1430 g/mol. The van der Waals surface area contributed by atoms with Crippen LogP contribution in [0.1, 0.15) is 145 Å². The Bertz CT molecular complexity index is 3930. The summed E-state index contributed by atoms with van der Waals surface area (Å²) in [6, 6.07) is 16.6. The van der Waals surface area contributed by atoms with Crippen molar-refractivity contribution < 1.29 is 41.9 Å². The topological polar surface area (TPSA) is 243 Å². The third kappa shape index (κ3) is 23.8. The summed E-state index contributed by atoms with van der Waals surface area (Å²) in [5.41, 5.74) is -0.393. The Labute approximate surface area is 581 Å². The number of aromatic nitrogens is 11. The van der Waals surface area contributed by atoms with Gasteiger partial charge in [-0.05, 0) is 138 Å². The van der Waals surface area contributed by atoms with Crippen LogP contribution in [0.25, 0.3) is 0 Å². The summed E-state index contributed by atoms with van der Waals surface area (Å²) in [5.74, 6) is 0.985. The molecule has 7 aromatic heterocycles. The number of pyridine rings is 3. The number of benzene rings is 1. The largest absolute Gasteiger partial charge is 0.485 e. The summed E-state index contributed by atoms with van der Waals surface area (Å²) in [7, 11) is 0. The fraction of sp³-hybridized carbons (Fsp3) is 0.448. The lowest BCUT2D eigenvalue weighted by Gasteiger charge is -2.21. The zero-order chi connectivity index (χ0) is 71.1. The van der Waals surface area contributed by atoms with Gasteiger partial charge >= 0.3 is 0 Å². The highest BCUT2D eigenvalue weighted by Gasteiger charge is 2.25. The van der Waals surface area contributed by atoms with Gasteiger partial charge in [-0.1, -0.05) is 96.5 Å². The van der Waals surface area contributed by atoms with Crippen LogP contribution in [0, 0.1) is 5.82 Å². The maximum absolute atomic E-state index is 13.5. The van der Waals surface area contributed by atoms with Crippen molar-refractivity contribution in [2.75, 3.05) is 26.5 Å². The second kappa shape index (κ2) is 36.6. The van der Waals surface area contributed by atoms with Crippen LogP contribution in [0.15, 0.2) is 117 Å². The Hall–Kier alpha value is -7.74. The smallest absolute Gasteiger partial charge is 0.289 e. The van der Waals surface area contributed by atoms with Gasteiger partial charge < -0.3 is 33.2 Å². The minimum atomic E-state index is -0.538. The zero-order valence-electron chi connectivity index (χ0n) is 56.3. The Morgan fingerprint density at radius 2 is 0.906 bits per heavy atom. The summed E-state index contributed by atoms with van der Waals surface area (Å²) in [6.45, 7) is 28.6. The van der Waals surface area contributed by atoms with Gasteiger partial charge in [0.15, 0.2) is 54.7 Å². The van der Waals surface area contributed by atoms with Gasteiger partial charge in [-0.15, -0.1) is 0 Å². The molecule has 0 atom stereocenters. The first-order valence-electron chi connectivity index (χ1n) is 30.6. The molecule has 0 saturated heterocycles. The van der Waals surface area contributed by atoms with Crippen LogP contribution in [0.5, 0.6) is 40.5 Å². The van der Waals surface area contributed by atoms with Gasteiger partial charge in [0.2, 0.25) is 11.8 Å². The Balaban J connectivity index is 0.000000232. The number of ether oxygens (including phenoxy) is 7. The third-order valence-electron chi connectivity index (χ3n) is 12.8. The molecule has 22 nitrogen and oxygen atoms in total. The van der Waals surface area contributed by atoms with Gasteiger partial charge in [-0.25, -0.2) is 33.1 Å². The molecular formula is C67H82Cl5F2N11O11. The molecule has 520 valence electrons. The van der Waals surface area contributed by atoms with E-state index in [9.17, 15) is 28.0 Å². The van der Waals surface area contributed by atoms with E-state index in [1.165, 1.54) is 55.6 Å². The van der Waals surface area contributed by atoms with Crippen molar-refractivity contribution in [2.45, 2.75) is 171 Å². The predicted molar refractivity (Wildman–Crippen MR) is 368 cm³/mol. The number of rotatable bonds is 23. The highest BCUT2D eigenvalue weighted by molar-refractivity contribution is 6.32. The molecule has 8 rings (SSSR count). The van der Waals surface area contributed by atoms with Gasteiger partial charge in [0.25, 0.3) is 22.2 Å². The maximum Gasteiger partial charge on any atom is 0.289 e. The quantitative estimate of drug-likeness (QED) is 0.0427. The highest BCUT2D eigenvalue weighted by atomic mass is 35.5. The van der Waals surface area contributed by atoms with E-state index in [1.54, 1.807) is 42.7 Å². The van der Waals surface area contributed by atoms with Crippen molar-refractivity contribution in [2.24, 2.45) is 0 Å². The molecule has 0 aliphatic carbocycles. The summed E-state index contributed by atoms with van der Waals surface area (Å²) < 4.78 is 69.5. The molecule has 0 amide bonds. The Morgan fingerprint density at radius 3 is 1.36 bits per heavy atom. The van der Waals surface area contributed by atoms with Crippen LogP contribution in [-0.4, -0.2) is 80.6 Å². The van der Waals surface area contributed by atoms with E-state index in [4.69, 9.17) is 91.2 Å². The second-order valence-electron chi connectivity index (χ2n) is 25.1. The van der Waals surface area contributed by atoms with Gasteiger partial charge in [-0.3, -0.25) is 28.6 Å².